The summed E-state index contributed by atoms with van der Waals surface area (Å²) in [5.74, 6) is 0. The lowest BCUT2D eigenvalue weighted by molar-refractivity contribution is 0.122. The molecule has 0 amide bonds. The number of unbranched alkanes of at least 4 members (excludes halogenated alkanes) is 1. The number of anilines is 3. The van der Waals surface area contributed by atoms with E-state index in [1.165, 1.54) is 5.69 Å². The summed E-state index contributed by atoms with van der Waals surface area (Å²) in [5, 5.41) is 6.88. The molecule has 0 aliphatic carbocycles. The van der Waals surface area contributed by atoms with E-state index in [0.29, 0.717) is 25.1 Å². The van der Waals surface area contributed by atoms with Gasteiger partial charge in [-0.25, -0.2) is 4.98 Å². The van der Waals surface area contributed by atoms with Crippen LogP contribution in [0, 0.1) is 6.92 Å². The van der Waals surface area contributed by atoms with Gasteiger partial charge in [-0.2, -0.15) is 4.52 Å². The van der Waals surface area contributed by atoms with Crippen molar-refractivity contribution in [3.05, 3.63) is 57.1 Å². The number of methoxy groups -OCH3 is 1. The van der Waals surface area contributed by atoms with Gasteiger partial charge in [0.05, 0.1) is 31.2 Å². The third-order valence-electron chi connectivity index (χ3n) is 6.47. The van der Waals surface area contributed by atoms with Crippen LogP contribution >= 0.6 is 0 Å². The zero-order valence-electron chi connectivity index (χ0n) is 21.3. The number of morpholine rings is 1. The van der Waals surface area contributed by atoms with Crippen molar-refractivity contribution in [1.29, 1.82) is 0 Å². The smallest absolute Gasteiger partial charge is 0.276 e. The molecule has 0 saturated carbocycles. The molecule has 8 heteroatoms. The van der Waals surface area contributed by atoms with E-state index in [1.54, 1.807) is 11.6 Å². The largest absolute Gasteiger partial charge is 0.384 e. The van der Waals surface area contributed by atoms with Gasteiger partial charge in [-0.3, -0.25) is 9.89 Å². The molecule has 1 saturated heterocycles. The van der Waals surface area contributed by atoms with Crippen molar-refractivity contribution < 1.29 is 9.47 Å². The molecule has 0 radical (unpaired) electrons. The Labute approximate surface area is 206 Å². The minimum Gasteiger partial charge on any atom is -0.384 e. The molecule has 2 N–H and O–H groups in total. The maximum Gasteiger partial charge on any atom is 0.276 e. The second-order valence-electron chi connectivity index (χ2n) is 8.91. The summed E-state index contributed by atoms with van der Waals surface area (Å²) in [4.78, 5) is 20.7. The van der Waals surface area contributed by atoms with Crippen molar-refractivity contribution in [2.45, 2.75) is 46.5 Å². The molecule has 2 aromatic heterocycles. The van der Waals surface area contributed by atoms with Gasteiger partial charge < -0.3 is 19.7 Å². The molecule has 1 aliphatic rings. The Kier molecular flexibility index (Phi) is 8.25. The second-order valence-corrected chi connectivity index (χ2v) is 8.91. The summed E-state index contributed by atoms with van der Waals surface area (Å²) < 4.78 is 12.3. The Morgan fingerprint density at radius 2 is 2.06 bits per heavy atom. The summed E-state index contributed by atoms with van der Waals surface area (Å²) >= 11 is 0. The molecule has 0 unspecified atom stereocenters. The maximum atomic E-state index is 13.4. The fraction of sp³-hybridized carbons (Fsp3) is 0.481. The van der Waals surface area contributed by atoms with Crippen molar-refractivity contribution in [3.63, 3.8) is 0 Å². The van der Waals surface area contributed by atoms with Crippen LogP contribution < -0.4 is 15.8 Å². The molecule has 0 atom stereocenters. The first-order chi connectivity index (χ1) is 17.1. The Bertz CT molecular complexity index is 1240. The van der Waals surface area contributed by atoms with Crippen LogP contribution in [0.4, 0.5) is 17.1 Å². The normalized spacial score (nSPS) is 14.3. The van der Waals surface area contributed by atoms with E-state index in [4.69, 9.17) is 14.5 Å². The number of benzene rings is 1. The van der Waals surface area contributed by atoms with Gasteiger partial charge in [0.15, 0.2) is 5.65 Å². The molecule has 3 aromatic rings. The average Bonchev–Trinajstić information content (AvgIpc) is 3.22. The number of rotatable bonds is 10. The Morgan fingerprint density at radius 1 is 1.26 bits per heavy atom. The highest BCUT2D eigenvalue weighted by Crippen LogP contribution is 2.30. The minimum atomic E-state index is -0.0545. The number of fused-ring (bicyclic) bond motifs is 1. The van der Waals surface area contributed by atoms with Crippen LogP contribution in [0.5, 0.6) is 0 Å². The first-order valence-electron chi connectivity index (χ1n) is 12.6. The van der Waals surface area contributed by atoms with Gasteiger partial charge in [-0.1, -0.05) is 26.3 Å². The summed E-state index contributed by atoms with van der Waals surface area (Å²) in [7, 11) is 1.67. The number of hydrogen-bond acceptors (Lipinski definition) is 6. The number of nitrogens with one attached hydrogen (secondary N) is 2. The average molecular weight is 480 g/mol. The van der Waals surface area contributed by atoms with Crippen molar-refractivity contribution in [3.8, 4) is 0 Å². The van der Waals surface area contributed by atoms with E-state index < -0.39 is 0 Å². The number of nitrogens with zero attached hydrogens (tertiary/aromatic N) is 3. The molecule has 8 nitrogen and oxygen atoms in total. The highest BCUT2D eigenvalue weighted by molar-refractivity contribution is 5.83. The van der Waals surface area contributed by atoms with E-state index in [9.17, 15) is 4.79 Å². The van der Waals surface area contributed by atoms with Crippen LogP contribution in [0.1, 0.15) is 49.2 Å². The van der Waals surface area contributed by atoms with E-state index in [1.807, 2.05) is 13.0 Å². The quantitative estimate of drug-likeness (QED) is 0.446. The van der Waals surface area contributed by atoms with Gasteiger partial charge in [0.25, 0.3) is 5.56 Å². The Morgan fingerprint density at radius 3 is 2.74 bits per heavy atom. The minimum absolute atomic E-state index is 0.0545. The molecule has 0 bridgehead atoms. The van der Waals surface area contributed by atoms with Gasteiger partial charge in [0, 0.05) is 43.6 Å². The number of aromatic nitrogens is 3. The topological polar surface area (TPSA) is 83.9 Å². The van der Waals surface area contributed by atoms with Crippen molar-refractivity contribution in [1.82, 2.24) is 14.6 Å². The molecule has 35 heavy (non-hydrogen) atoms. The molecule has 3 heterocycles. The van der Waals surface area contributed by atoms with Gasteiger partial charge in [-0.05, 0) is 49.6 Å². The SMILES string of the molecule is CCCC=Cc1[nH]n2c(=O)c(CC)c(CCOC)nc2c1Nc1ccc(N2CCOCC2)cc1C. The van der Waals surface area contributed by atoms with Crippen LogP contribution in [0.25, 0.3) is 11.7 Å². The van der Waals surface area contributed by atoms with Crippen LogP contribution in [-0.4, -0.2) is 54.6 Å². The molecule has 188 valence electrons. The van der Waals surface area contributed by atoms with E-state index in [0.717, 1.165) is 73.0 Å². The van der Waals surface area contributed by atoms with Crippen molar-refractivity contribution in [2.75, 3.05) is 50.2 Å². The van der Waals surface area contributed by atoms with Crippen LogP contribution in [0.3, 0.4) is 0 Å². The lowest BCUT2D eigenvalue weighted by Gasteiger charge is -2.29. The van der Waals surface area contributed by atoms with Gasteiger partial charge in [-0.15, -0.1) is 0 Å². The zero-order valence-corrected chi connectivity index (χ0v) is 21.3. The van der Waals surface area contributed by atoms with Gasteiger partial charge >= 0.3 is 0 Å². The molecule has 1 aromatic carbocycles. The van der Waals surface area contributed by atoms with E-state index >= 15 is 0 Å². The van der Waals surface area contributed by atoms with Gasteiger partial charge in [0.2, 0.25) is 0 Å². The molecule has 1 fully saturated rings. The number of H-pyrrole nitrogens is 1. The summed E-state index contributed by atoms with van der Waals surface area (Å²) in [6.45, 7) is 10.1. The number of ether oxygens (including phenoxy) is 2. The van der Waals surface area contributed by atoms with E-state index in [2.05, 4.69) is 53.4 Å². The molecule has 4 rings (SSSR count). The fourth-order valence-corrected chi connectivity index (χ4v) is 4.48. The molecule has 0 spiro atoms. The molecule has 1 aliphatic heterocycles. The highest BCUT2D eigenvalue weighted by Gasteiger charge is 2.19. The fourth-order valence-electron chi connectivity index (χ4n) is 4.48. The summed E-state index contributed by atoms with van der Waals surface area (Å²) in [6, 6.07) is 6.45. The molecular formula is C27H37N5O3. The van der Waals surface area contributed by atoms with Crippen LogP contribution in [0.2, 0.25) is 0 Å². The third-order valence-corrected chi connectivity index (χ3v) is 6.47. The molecular weight excluding hydrogens is 442 g/mol. The van der Waals surface area contributed by atoms with E-state index in [-0.39, 0.29) is 5.56 Å². The number of aromatic amines is 1. The second kappa shape index (κ2) is 11.6. The highest BCUT2D eigenvalue weighted by atomic mass is 16.5. The number of aryl methyl sites for hydroxylation is 1. The lowest BCUT2D eigenvalue weighted by Crippen LogP contribution is -2.36. The standard InChI is InChI=1S/C27H37N5O3/c1-5-7-8-9-24-25(26-29-23(12-15-34-4)21(6-2)27(33)32(26)30-24)28-22-11-10-20(18-19(22)3)31-13-16-35-17-14-31/h8-11,18,28,30H,5-7,12-17H2,1-4H3. The maximum absolute atomic E-state index is 13.4. The van der Waals surface area contributed by atoms with Gasteiger partial charge in [0.1, 0.15) is 5.69 Å². The van der Waals surface area contributed by atoms with Crippen molar-refractivity contribution >= 4 is 28.8 Å². The predicted octanol–water partition coefficient (Wildman–Crippen LogP) is 4.48. The number of hydrogen-bond donors (Lipinski definition) is 2. The Hall–Kier alpha value is -3.10. The first kappa shape index (κ1) is 25.0. The summed E-state index contributed by atoms with van der Waals surface area (Å²) in [6.07, 6.45) is 7.41. The summed E-state index contributed by atoms with van der Waals surface area (Å²) in [5.41, 5.74) is 7.02. The monoisotopic (exact) mass is 479 g/mol. The zero-order chi connectivity index (χ0) is 24.8. The lowest BCUT2D eigenvalue weighted by atomic mass is 10.1. The third kappa shape index (κ3) is 5.44. The van der Waals surface area contributed by atoms with Crippen molar-refractivity contribution in [2.24, 2.45) is 0 Å². The first-order valence-corrected chi connectivity index (χ1v) is 12.6. The van der Waals surface area contributed by atoms with Crippen LogP contribution in [-0.2, 0) is 22.3 Å². The number of allylic oxidation sites excluding steroid dienone is 1. The predicted molar refractivity (Wildman–Crippen MR) is 142 cm³/mol. The van der Waals surface area contributed by atoms with Crippen LogP contribution in [0.15, 0.2) is 29.1 Å². The Balaban J connectivity index is 1.77.